The van der Waals surface area contributed by atoms with Crippen LogP contribution in [0.5, 0.6) is 0 Å². The van der Waals surface area contributed by atoms with E-state index in [1.807, 2.05) is 19.2 Å². The number of anilines is 1. The summed E-state index contributed by atoms with van der Waals surface area (Å²) in [4.78, 5) is 33.5. The van der Waals surface area contributed by atoms with Crippen LogP contribution >= 0.6 is 0 Å². The molecule has 98 valence electrons. The highest BCUT2D eigenvalue weighted by Gasteiger charge is 2.15. The maximum Gasteiger partial charge on any atom is 0.394 e. The highest BCUT2D eigenvalue weighted by atomic mass is 16.4. The van der Waals surface area contributed by atoms with Gasteiger partial charge < -0.3 is 14.8 Å². The summed E-state index contributed by atoms with van der Waals surface area (Å²) in [7, 11) is 0. The van der Waals surface area contributed by atoms with Crippen LogP contribution in [0.15, 0.2) is 27.6 Å². The standard InChI is InChI=1S/C13H11NO5/c1-6-3-8-10(4-7(6)2)19-5-9(11(8)15)14-12(16)13(17)18/h3-5H,1-2H3,(H,14,16)(H,17,18). The third-order valence-electron chi connectivity index (χ3n) is 2.83. The van der Waals surface area contributed by atoms with E-state index in [0.29, 0.717) is 11.0 Å². The monoisotopic (exact) mass is 261 g/mol. The molecule has 1 heterocycles. The first-order valence-corrected chi connectivity index (χ1v) is 5.47. The van der Waals surface area contributed by atoms with Gasteiger partial charge in [0, 0.05) is 0 Å². The summed E-state index contributed by atoms with van der Waals surface area (Å²) in [6.45, 7) is 3.73. The minimum Gasteiger partial charge on any atom is -0.474 e. The topological polar surface area (TPSA) is 96.6 Å². The van der Waals surface area contributed by atoms with Gasteiger partial charge in [-0.15, -0.1) is 0 Å². The van der Waals surface area contributed by atoms with Gasteiger partial charge in [0.25, 0.3) is 0 Å². The number of carbonyl (C=O) groups is 2. The molecule has 0 spiro atoms. The molecule has 19 heavy (non-hydrogen) atoms. The van der Waals surface area contributed by atoms with Crippen molar-refractivity contribution in [2.24, 2.45) is 0 Å². The highest BCUT2D eigenvalue weighted by molar-refractivity contribution is 6.36. The van der Waals surface area contributed by atoms with Gasteiger partial charge in [0.2, 0.25) is 5.43 Å². The maximum absolute atomic E-state index is 12.1. The predicted octanol–water partition coefficient (Wildman–Crippen LogP) is 1.43. The first-order chi connectivity index (χ1) is 8.90. The molecular weight excluding hydrogens is 250 g/mol. The molecule has 0 aliphatic carbocycles. The van der Waals surface area contributed by atoms with E-state index >= 15 is 0 Å². The van der Waals surface area contributed by atoms with Crippen LogP contribution in [0.3, 0.4) is 0 Å². The average molecular weight is 261 g/mol. The van der Waals surface area contributed by atoms with Crippen molar-refractivity contribution in [3.63, 3.8) is 0 Å². The van der Waals surface area contributed by atoms with Gasteiger partial charge in [-0.2, -0.15) is 0 Å². The molecule has 0 radical (unpaired) electrons. The van der Waals surface area contributed by atoms with E-state index in [-0.39, 0.29) is 5.69 Å². The molecule has 1 aromatic heterocycles. The Balaban J connectivity index is 2.58. The minimum atomic E-state index is -1.67. The molecule has 0 saturated heterocycles. The Bertz CT molecular complexity index is 745. The number of nitrogens with one attached hydrogen (secondary N) is 1. The number of carbonyl (C=O) groups excluding carboxylic acids is 1. The largest absolute Gasteiger partial charge is 0.474 e. The van der Waals surface area contributed by atoms with Crippen molar-refractivity contribution < 1.29 is 19.1 Å². The van der Waals surface area contributed by atoms with Crippen molar-refractivity contribution in [3.05, 3.63) is 39.7 Å². The zero-order chi connectivity index (χ0) is 14.2. The van der Waals surface area contributed by atoms with E-state index in [9.17, 15) is 14.4 Å². The number of carboxylic acids is 1. The van der Waals surface area contributed by atoms with Crippen molar-refractivity contribution >= 4 is 28.5 Å². The molecule has 2 aromatic rings. The Hall–Kier alpha value is -2.63. The number of hydrogen-bond donors (Lipinski definition) is 2. The van der Waals surface area contributed by atoms with Gasteiger partial charge in [0.1, 0.15) is 17.5 Å². The van der Waals surface area contributed by atoms with Gasteiger partial charge in [0.05, 0.1) is 5.39 Å². The number of carboxylic acid groups (broad SMARTS) is 1. The fourth-order valence-electron chi connectivity index (χ4n) is 1.65. The molecular formula is C13H11NO5. The summed E-state index contributed by atoms with van der Waals surface area (Å²) >= 11 is 0. The second-order valence-electron chi connectivity index (χ2n) is 4.17. The van der Waals surface area contributed by atoms with Crippen molar-refractivity contribution in [1.82, 2.24) is 0 Å². The van der Waals surface area contributed by atoms with Crippen LogP contribution in [-0.4, -0.2) is 17.0 Å². The molecule has 0 fully saturated rings. The Labute approximate surface area is 107 Å². The Morgan fingerprint density at radius 2 is 1.84 bits per heavy atom. The summed E-state index contributed by atoms with van der Waals surface area (Å²) in [5, 5.41) is 10.8. The lowest BCUT2D eigenvalue weighted by Crippen LogP contribution is -2.25. The fraction of sp³-hybridized carbons (Fsp3) is 0.154. The minimum absolute atomic E-state index is 0.192. The van der Waals surface area contributed by atoms with Crippen LogP contribution in [0.25, 0.3) is 11.0 Å². The summed E-state index contributed by atoms with van der Waals surface area (Å²) in [6, 6.07) is 3.36. The fourth-order valence-corrected chi connectivity index (χ4v) is 1.65. The van der Waals surface area contributed by atoms with Crippen LogP contribution < -0.4 is 10.7 Å². The molecule has 0 atom stereocenters. The van der Waals surface area contributed by atoms with Gasteiger partial charge in [-0.3, -0.25) is 9.59 Å². The number of fused-ring (bicyclic) bond motifs is 1. The van der Waals surface area contributed by atoms with Crippen molar-refractivity contribution in [1.29, 1.82) is 0 Å². The lowest BCUT2D eigenvalue weighted by molar-refractivity contribution is -0.147. The summed E-state index contributed by atoms with van der Waals surface area (Å²) in [5.74, 6) is -2.95. The lowest BCUT2D eigenvalue weighted by Gasteiger charge is -2.05. The molecule has 1 aromatic carbocycles. The third-order valence-corrected chi connectivity index (χ3v) is 2.83. The molecule has 0 aliphatic rings. The molecule has 2 N–H and O–H groups in total. The molecule has 6 heteroatoms. The second-order valence-corrected chi connectivity index (χ2v) is 4.17. The van der Waals surface area contributed by atoms with E-state index in [4.69, 9.17) is 9.52 Å². The summed E-state index contributed by atoms with van der Waals surface area (Å²) in [6.07, 6.45) is 1.04. The first-order valence-electron chi connectivity index (χ1n) is 5.47. The summed E-state index contributed by atoms with van der Waals surface area (Å²) in [5.41, 5.74) is 1.60. The average Bonchev–Trinajstić information content (AvgIpc) is 2.35. The predicted molar refractivity (Wildman–Crippen MR) is 68.2 cm³/mol. The lowest BCUT2D eigenvalue weighted by atomic mass is 10.1. The molecule has 6 nitrogen and oxygen atoms in total. The number of benzene rings is 1. The van der Waals surface area contributed by atoms with Crippen LogP contribution in [0.1, 0.15) is 11.1 Å². The molecule has 0 bridgehead atoms. The van der Waals surface area contributed by atoms with E-state index in [2.05, 4.69) is 0 Å². The zero-order valence-electron chi connectivity index (χ0n) is 10.3. The van der Waals surface area contributed by atoms with E-state index in [1.165, 1.54) is 0 Å². The van der Waals surface area contributed by atoms with Crippen LogP contribution in [0.4, 0.5) is 5.69 Å². The van der Waals surface area contributed by atoms with Gasteiger partial charge in [-0.1, -0.05) is 0 Å². The smallest absolute Gasteiger partial charge is 0.394 e. The molecule has 0 aliphatic heterocycles. The van der Waals surface area contributed by atoms with Gasteiger partial charge in [-0.25, -0.2) is 4.79 Å². The van der Waals surface area contributed by atoms with Crippen molar-refractivity contribution in [2.45, 2.75) is 13.8 Å². The third kappa shape index (κ3) is 2.33. The molecule has 0 saturated carbocycles. The van der Waals surface area contributed by atoms with Crippen molar-refractivity contribution in [3.8, 4) is 0 Å². The second kappa shape index (κ2) is 4.56. The number of amides is 1. The number of aliphatic carboxylic acids is 1. The van der Waals surface area contributed by atoms with E-state index in [0.717, 1.165) is 17.4 Å². The van der Waals surface area contributed by atoms with Crippen LogP contribution in [-0.2, 0) is 9.59 Å². The molecule has 1 amide bonds. The van der Waals surface area contributed by atoms with E-state index < -0.39 is 17.3 Å². The van der Waals surface area contributed by atoms with Gasteiger partial charge >= 0.3 is 11.9 Å². The van der Waals surface area contributed by atoms with Crippen molar-refractivity contribution in [2.75, 3.05) is 5.32 Å². The zero-order valence-corrected chi connectivity index (χ0v) is 10.3. The highest BCUT2D eigenvalue weighted by Crippen LogP contribution is 2.18. The number of rotatable bonds is 1. The molecule has 2 rings (SSSR count). The van der Waals surface area contributed by atoms with Crippen LogP contribution in [0, 0.1) is 13.8 Å². The van der Waals surface area contributed by atoms with Gasteiger partial charge in [0.15, 0.2) is 0 Å². The number of aryl methyl sites for hydroxylation is 2. The maximum atomic E-state index is 12.1. The normalized spacial score (nSPS) is 10.4. The number of hydrogen-bond acceptors (Lipinski definition) is 4. The van der Waals surface area contributed by atoms with Crippen LogP contribution in [0.2, 0.25) is 0 Å². The van der Waals surface area contributed by atoms with E-state index in [1.54, 1.807) is 12.1 Å². The first kappa shape index (κ1) is 12.8. The summed E-state index contributed by atoms with van der Waals surface area (Å²) < 4.78 is 5.23. The Morgan fingerprint density at radius 1 is 1.21 bits per heavy atom. The quantitative estimate of drug-likeness (QED) is 0.757. The Morgan fingerprint density at radius 3 is 2.47 bits per heavy atom. The molecule has 0 unspecified atom stereocenters. The Kier molecular flexibility index (Phi) is 3.08. The van der Waals surface area contributed by atoms with Gasteiger partial charge in [-0.05, 0) is 37.1 Å². The SMILES string of the molecule is Cc1cc2occ(NC(=O)C(=O)O)c(=O)c2cc1C.